The highest BCUT2D eigenvalue weighted by molar-refractivity contribution is 14.1. The van der Waals surface area contributed by atoms with Crippen LogP contribution in [-0.2, 0) is 0 Å². The fraction of sp³-hybridized carbons (Fsp3) is 0.300. The van der Waals surface area contributed by atoms with Crippen LogP contribution < -0.4 is 0 Å². The summed E-state index contributed by atoms with van der Waals surface area (Å²) in [4.78, 5) is 0.683. The van der Waals surface area contributed by atoms with Gasteiger partial charge in [0, 0.05) is 18.2 Å². The summed E-state index contributed by atoms with van der Waals surface area (Å²) >= 11 is 3.37. The smallest absolute Gasteiger partial charge is 0.117 e. The maximum absolute atomic E-state index is 13.5. The first-order valence-electron chi connectivity index (χ1n) is 4.51. The van der Waals surface area contributed by atoms with Crippen molar-refractivity contribution in [2.75, 3.05) is 0 Å². The third kappa shape index (κ3) is 2.46. The zero-order chi connectivity index (χ0) is 10.8. The van der Waals surface area contributed by atoms with Gasteiger partial charge in [-0.15, -0.1) is 0 Å². The average Bonchev–Trinajstić information content (AvgIpc) is 2.74. The van der Waals surface area contributed by atoms with Crippen LogP contribution in [0.15, 0.2) is 33.3 Å². The van der Waals surface area contributed by atoms with E-state index < -0.39 is 6.10 Å². The molecule has 1 aromatic heterocycles. The number of allylic oxidation sites excluding steroid dienone is 2. The molecule has 1 heterocycles. The van der Waals surface area contributed by atoms with E-state index in [4.69, 9.17) is 0 Å². The maximum atomic E-state index is 13.5. The number of aliphatic hydroxyl groups excluding tert-OH is 1. The summed E-state index contributed by atoms with van der Waals surface area (Å²) in [6.07, 6.45) is 3.58. The molecule has 0 aliphatic heterocycles. The Kier molecular flexibility index (Phi) is 3.53. The number of hydrogen-bond donors (Lipinski definition) is 1. The molecule has 1 aliphatic carbocycles. The predicted octanol–water partition coefficient (Wildman–Crippen LogP) is 3.51. The standard InChI is InChI=1S/C10H9FINOS/c11-8-2-1-6(12)5-7(8)10(14)9-3-4-13-15-9/h3-5,10,14H,1-2H2. The molecule has 0 saturated heterocycles. The molecular formula is C10H9FINOS. The van der Waals surface area contributed by atoms with Crippen molar-refractivity contribution in [2.45, 2.75) is 18.9 Å². The van der Waals surface area contributed by atoms with Crippen LogP contribution >= 0.6 is 34.1 Å². The minimum Gasteiger partial charge on any atom is -0.383 e. The van der Waals surface area contributed by atoms with Gasteiger partial charge in [0.15, 0.2) is 0 Å². The summed E-state index contributed by atoms with van der Waals surface area (Å²) in [5.41, 5.74) is 0.384. The van der Waals surface area contributed by atoms with Crippen molar-refractivity contribution in [3.63, 3.8) is 0 Å². The first kappa shape index (κ1) is 11.2. The topological polar surface area (TPSA) is 33.1 Å². The van der Waals surface area contributed by atoms with Crippen molar-refractivity contribution in [1.29, 1.82) is 0 Å². The molecule has 15 heavy (non-hydrogen) atoms. The van der Waals surface area contributed by atoms with Crippen molar-refractivity contribution < 1.29 is 9.50 Å². The second-order valence-corrected chi connectivity index (χ2v) is 5.52. The van der Waals surface area contributed by atoms with Crippen LogP contribution in [0.25, 0.3) is 0 Å². The number of nitrogens with zero attached hydrogens (tertiary/aromatic N) is 1. The Balaban J connectivity index is 2.31. The minimum absolute atomic E-state index is 0.212. The van der Waals surface area contributed by atoms with Gasteiger partial charge in [0.25, 0.3) is 0 Å². The van der Waals surface area contributed by atoms with Gasteiger partial charge in [-0.1, -0.05) is 0 Å². The second kappa shape index (κ2) is 4.71. The first-order chi connectivity index (χ1) is 7.18. The molecule has 0 radical (unpaired) electrons. The third-order valence-corrected chi connectivity index (χ3v) is 3.88. The van der Waals surface area contributed by atoms with E-state index in [1.54, 1.807) is 18.3 Å². The fourth-order valence-electron chi connectivity index (χ4n) is 1.44. The van der Waals surface area contributed by atoms with E-state index in [1.165, 1.54) is 11.5 Å². The molecule has 0 fully saturated rings. The van der Waals surface area contributed by atoms with Gasteiger partial charge in [-0.05, 0) is 56.3 Å². The highest BCUT2D eigenvalue weighted by Gasteiger charge is 2.21. The second-order valence-electron chi connectivity index (χ2n) is 3.27. The van der Waals surface area contributed by atoms with E-state index in [9.17, 15) is 9.50 Å². The Morgan fingerprint density at radius 1 is 1.53 bits per heavy atom. The van der Waals surface area contributed by atoms with Crippen molar-refractivity contribution in [1.82, 2.24) is 4.37 Å². The van der Waals surface area contributed by atoms with E-state index in [0.29, 0.717) is 16.9 Å². The molecule has 2 nitrogen and oxygen atoms in total. The normalized spacial score (nSPS) is 19.0. The van der Waals surface area contributed by atoms with Gasteiger partial charge in [-0.2, -0.15) is 0 Å². The molecule has 5 heteroatoms. The molecule has 1 unspecified atom stereocenters. The van der Waals surface area contributed by atoms with Gasteiger partial charge >= 0.3 is 0 Å². The van der Waals surface area contributed by atoms with Crippen molar-refractivity contribution >= 4 is 34.1 Å². The van der Waals surface area contributed by atoms with E-state index in [-0.39, 0.29) is 5.83 Å². The molecular weight excluding hydrogens is 328 g/mol. The highest BCUT2D eigenvalue weighted by Crippen LogP contribution is 2.36. The Hall–Kier alpha value is -0.270. The van der Waals surface area contributed by atoms with Crippen LogP contribution in [0.1, 0.15) is 23.8 Å². The quantitative estimate of drug-likeness (QED) is 0.838. The summed E-state index contributed by atoms with van der Waals surface area (Å²) < 4.78 is 18.5. The Labute approximate surface area is 105 Å². The summed E-state index contributed by atoms with van der Waals surface area (Å²) in [6, 6.07) is 1.71. The lowest BCUT2D eigenvalue weighted by Gasteiger charge is -2.16. The van der Waals surface area contributed by atoms with Gasteiger partial charge < -0.3 is 5.11 Å². The summed E-state index contributed by atoms with van der Waals surface area (Å²) in [5, 5.41) is 9.95. The monoisotopic (exact) mass is 337 g/mol. The minimum atomic E-state index is -0.873. The summed E-state index contributed by atoms with van der Waals surface area (Å²) in [5.74, 6) is -0.212. The Morgan fingerprint density at radius 3 is 3.00 bits per heavy atom. The lowest BCUT2D eigenvalue weighted by atomic mass is 10.0. The molecule has 0 spiro atoms. The molecule has 0 aromatic carbocycles. The lowest BCUT2D eigenvalue weighted by molar-refractivity contribution is 0.218. The first-order valence-corrected chi connectivity index (χ1v) is 6.37. The average molecular weight is 337 g/mol. The lowest BCUT2D eigenvalue weighted by Crippen LogP contribution is -2.03. The van der Waals surface area contributed by atoms with Gasteiger partial charge in [0.05, 0.1) is 4.88 Å². The van der Waals surface area contributed by atoms with Crippen LogP contribution in [0.3, 0.4) is 0 Å². The summed E-state index contributed by atoms with van der Waals surface area (Å²) in [7, 11) is 0. The van der Waals surface area contributed by atoms with Crippen molar-refractivity contribution in [3.8, 4) is 0 Å². The number of rotatable bonds is 2. The molecule has 1 aliphatic rings. The largest absolute Gasteiger partial charge is 0.383 e. The molecule has 1 aromatic rings. The van der Waals surface area contributed by atoms with E-state index in [1.807, 2.05) is 0 Å². The molecule has 0 bridgehead atoms. The molecule has 0 amide bonds. The van der Waals surface area contributed by atoms with Crippen LogP contribution in [-0.4, -0.2) is 9.48 Å². The third-order valence-electron chi connectivity index (χ3n) is 2.23. The van der Waals surface area contributed by atoms with Gasteiger partial charge in [0.1, 0.15) is 11.9 Å². The molecule has 1 atom stereocenters. The number of halogens is 2. The van der Waals surface area contributed by atoms with E-state index >= 15 is 0 Å². The van der Waals surface area contributed by atoms with E-state index in [2.05, 4.69) is 27.0 Å². The molecule has 80 valence electrons. The maximum Gasteiger partial charge on any atom is 0.117 e. The number of aliphatic hydroxyl groups is 1. The van der Waals surface area contributed by atoms with Gasteiger partial charge in [-0.3, -0.25) is 0 Å². The van der Waals surface area contributed by atoms with Crippen molar-refractivity contribution in [2.24, 2.45) is 0 Å². The summed E-state index contributed by atoms with van der Waals surface area (Å²) in [6.45, 7) is 0. The Bertz CT molecular complexity index is 413. The van der Waals surface area contributed by atoms with E-state index in [0.717, 1.165) is 10.0 Å². The van der Waals surface area contributed by atoms with Crippen molar-refractivity contribution in [3.05, 3.63) is 38.2 Å². The zero-order valence-corrected chi connectivity index (χ0v) is 10.8. The van der Waals surface area contributed by atoms with Crippen LogP contribution in [0.2, 0.25) is 0 Å². The van der Waals surface area contributed by atoms with Crippen LogP contribution in [0, 0.1) is 0 Å². The molecule has 2 rings (SSSR count). The highest BCUT2D eigenvalue weighted by atomic mass is 127. The number of hydrogen-bond acceptors (Lipinski definition) is 3. The predicted molar refractivity (Wildman–Crippen MR) is 66.5 cm³/mol. The van der Waals surface area contributed by atoms with Crippen LogP contribution in [0.4, 0.5) is 4.39 Å². The van der Waals surface area contributed by atoms with Gasteiger partial charge in [-0.25, -0.2) is 8.76 Å². The SMILES string of the molecule is OC(C1=C(F)CCC(I)=C1)c1ccns1. The number of aromatic nitrogens is 1. The van der Waals surface area contributed by atoms with Crippen LogP contribution in [0.5, 0.6) is 0 Å². The zero-order valence-electron chi connectivity index (χ0n) is 7.78. The molecule has 1 N–H and O–H groups in total. The van der Waals surface area contributed by atoms with Gasteiger partial charge in [0.2, 0.25) is 0 Å². The Morgan fingerprint density at radius 2 is 2.33 bits per heavy atom. The molecule has 0 saturated carbocycles. The fourth-order valence-corrected chi connectivity index (χ4v) is 2.64.